The number of fused-ring (bicyclic) bond motifs is 4. The van der Waals surface area contributed by atoms with Crippen LogP contribution in [0, 0.1) is 0 Å². The largest absolute Gasteiger partial charge is 0.545 e. The molecule has 0 atom stereocenters. The number of rotatable bonds is 6. The van der Waals surface area contributed by atoms with Crippen molar-refractivity contribution in [2.75, 3.05) is 0 Å². The molecule has 33 heavy (non-hydrogen) atoms. The van der Waals surface area contributed by atoms with Crippen molar-refractivity contribution in [1.29, 1.82) is 0 Å². The van der Waals surface area contributed by atoms with E-state index in [9.17, 15) is 19.5 Å². The fraction of sp³-hybridized carbons (Fsp3) is 0.182. The molecule has 11 heteroatoms. The molecule has 0 aliphatic heterocycles. The number of carboxylic acid groups (broad SMARTS) is 1. The van der Waals surface area contributed by atoms with E-state index in [2.05, 4.69) is 20.2 Å². The first-order chi connectivity index (χ1) is 16.0. The lowest BCUT2D eigenvalue weighted by molar-refractivity contribution is -0.255. The Morgan fingerprint density at radius 3 is 2.73 bits per heavy atom. The molecule has 0 saturated heterocycles. The van der Waals surface area contributed by atoms with Gasteiger partial charge in [0.15, 0.2) is 5.16 Å². The number of aromatic amines is 1. The third kappa shape index (κ3) is 3.55. The van der Waals surface area contributed by atoms with Crippen LogP contribution in [0.5, 0.6) is 0 Å². The summed E-state index contributed by atoms with van der Waals surface area (Å²) in [6.45, 7) is 2.49. The molecule has 0 unspecified atom stereocenters. The summed E-state index contributed by atoms with van der Waals surface area (Å²) in [6, 6.07) is 11.3. The lowest BCUT2D eigenvalue weighted by atomic mass is 10.1. The van der Waals surface area contributed by atoms with Crippen LogP contribution < -0.4 is 16.2 Å². The number of nitrogens with one attached hydrogen (secondary N) is 1. The molecule has 5 rings (SSSR count). The highest BCUT2D eigenvalue weighted by Crippen LogP contribution is 2.24. The lowest BCUT2D eigenvalue weighted by Crippen LogP contribution is -2.23. The van der Waals surface area contributed by atoms with Crippen molar-refractivity contribution < 1.29 is 9.90 Å². The molecule has 1 N–H and O–H groups in total. The van der Waals surface area contributed by atoms with E-state index in [1.165, 1.54) is 30.0 Å². The maximum Gasteiger partial charge on any atom is 0.262 e. The predicted octanol–water partition coefficient (Wildman–Crippen LogP) is 1.35. The average molecular weight is 461 g/mol. The molecule has 166 valence electrons. The monoisotopic (exact) mass is 461 g/mol. The van der Waals surface area contributed by atoms with Crippen LogP contribution in [0.1, 0.15) is 29.5 Å². The number of nitrogens with zero attached hydrogens (tertiary/aromatic N) is 5. The van der Waals surface area contributed by atoms with E-state index >= 15 is 0 Å². The van der Waals surface area contributed by atoms with Crippen LogP contribution in [-0.2, 0) is 12.3 Å². The van der Waals surface area contributed by atoms with Gasteiger partial charge in [0.25, 0.3) is 11.1 Å². The number of aromatic nitrogens is 6. The van der Waals surface area contributed by atoms with E-state index in [1.807, 2.05) is 29.5 Å². The summed E-state index contributed by atoms with van der Waals surface area (Å²) in [6.07, 6.45) is 0.763. The number of carboxylic acids is 1. The second-order valence-corrected chi connectivity index (χ2v) is 8.36. The van der Waals surface area contributed by atoms with Gasteiger partial charge in [-0.3, -0.25) is 18.6 Å². The van der Waals surface area contributed by atoms with Crippen LogP contribution in [0.4, 0.5) is 0 Å². The molecule has 3 aromatic heterocycles. The molecule has 0 radical (unpaired) electrons. The number of aromatic carboxylic acids is 1. The van der Waals surface area contributed by atoms with Gasteiger partial charge in [0, 0.05) is 6.54 Å². The van der Waals surface area contributed by atoms with Gasteiger partial charge < -0.3 is 14.9 Å². The Bertz CT molecular complexity index is 1670. The first-order valence-corrected chi connectivity index (χ1v) is 11.2. The topological polar surface area (TPSA) is 138 Å². The molecule has 10 nitrogen and oxygen atoms in total. The number of aryl methyl sites for hydroxylation is 1. The number of carbonyl (C=O) groups excluding carboxylic acids is 1. The Kier molecular flexibility index (Phi) is 5.17. The van der Waals surface area contributed by atoms with Crippen LogP contribution in [0.2, 0.25) is 0 Å². The molecule has 0 aliphatic rings. The number of thioether (sulfide) groups is 1. The Labute approximate surface area is 189 Å². The van der Waals surface area contributed by atoms with Gasteiger partial charge in [-0.05, 0) is 36.2 Å². The number of hydrogen-bond acceptors (Lipinski definition) is 8. The molecule has 0 fully saturated rings. The molecule has 0 bridgehead atoms. The molecule has 0 spiro atoms. The summed E-state index contributed by atoms with van der Waals surface area (Å²) in [7, 11) is 0. The fourth-order valence-electron chi connectivity index (χ4n) is 3.77. The Morgan fingerprint density at radius 2 is 1.94 bits per heavy atom. The van der Waals surface area contributed by atoms with Gasteiger partial charge >= 0.3 is 0 Å². The minimum absolute atomic E-state index is 0.0528. The quantitative estimate of drug-likeness (QED) is 0.374. The third-order valence-corrected chi connectivity index (χ3v) is 6.19. The van der Waals surface area contributed by atoms with E-state index < -0.39 is 5.97 Å². The molecular formula is C22H17N6O4S-. The van der Waals surface area contributed by atoms with Gasteiger partial charge in [0.2, 0.25) is 5.78 Å². The highest BCUT2D eigenvalue weighted by atomic mass is 32.2. The second kappa shape index (κ2) is 8.17. The van der Waals surface area contributed by atoms with Gasteiger partial charge in [-0.25, -0.2) is 4.98 Å². The number of carbonyl (C=O) groups is 1. The average Bonchev–Trinajstić information content (AvgIpc) is 3.24. The van der Waals surface area contributed by atoms with E-state index in [1.54, 1.807) is 10.6 Å². The van der Waals surface area contributed by atoms with Crippen molar-refractivity contribution in [2.24, 2.45) is 0 Å². The summed E-state index contributed by atoms with van der Waals surface area (Å²) in [4.78, 5) is 43.7. The fourth-order valence-corrected chi connectivity index (χ4v) is 4.58. The molecule has 3 heterocycles. The van der Waals surface area contributed by atoms with Crippen molar-refractivity contribution >= 4 is 45.3 Å². The maximum atomic E-state index is 12.9. The number of H-pyrrole nitrogens is 1. The van der Waals surface area contributed by atoms with Crippen LogP contribution in [-0.4, -0.2) is 35.1 Å². The number of benzene rings is 2. The van der Waals surface area contributed by atoms with Crippen LogP contribution in [0.3, 0.4) is 0 Å². The zero-order chi connectivity index (χ0) is 23.1. The zero-order valence-corrected chi connectivity index (χ0v) is 18.3. The molecule has 0 aliphatic carbocycles. The van der Waals surface area contributed by atoms with Crippen molar-refractivity contribution in [1.82, 2.24) is 29.1 Å². The molecule has 0 saturated carbocycles. The van der Waals surface area contributed by atoms with Gasteiger partial charge in [-0.15, -0.1) is 10.2 Å². The third-order valence-electron chi connectivity index (χ3n) is 5.25. The SMILES string of the molecule is CCCn1c(=O)c2ccccc2n2c(SCc3nc4cc(C(=O)[O-])ccc4c(=O)[nH]3)nnc12. The number of para-hydroxylation sites is 1. The summed E-state index contributed by atoms with van der Waals surface area (Å²) in [5.74, 6) is -0.282. The predicted molar refractivity (Wildman–Crippen MR) is 121 cm³/mol. The van der Waals surface area contributed by atoms with Gasteiger partial charge in [0.1, 0.15) is 5.82 Å². The molecule has 0 amide bonds. The Morgan fingerprint density at radius 1 is 1.12 bits per heavy atom. The van der Waals surface area contributed by atoms with Crippen LogP contribution in [0.15, 0.2) is 57.2 Å². The van der Waals surface area contributed by atoms with E-state index in [4.69, 9.17) is 0 Å². The molecular weight excluding hydrogens is 444 g/mol. The van der Waals surface area contributed by atoms with Gasteiger partial charge in [-0.2, -0.15) is 0 Å². The van der Waals surface area contributed by atoms with E-state index in [0.717, 1.165) is 6.42 Å². The first kappa shape index (κ1) is 20.9. The Balaban J connectivity index is 1.58. The minimum Gasteiger partial charge on any atom is -0.545 e. The van der Waals surface area contributed by atoms with E-state index in [0.29, 0.717) is 34.2 Å². The standard InChI is InChI=1S/C22H18N6O4S/c1-2-9-27-19(30)14-5-3-4-6-16(14)28-21(27)25-26-22(28)33-11-17-23-15-10-12(20(31)32)7-8-13(15)18(29)24-17/h3-8,10H,2,9,11H2,1H3,(H,31,32)(H,23,24,29)/p-1. The van der Waals surface area contributed by atoms with E-state index in [-0.39, 0.29) is 33.3 Å². The maximum absolute atomic E-state index is 12.9. The number of hydrogen-bond donors (Lipinski definition) is 1. The van der Waals surface area contributed by atoms with Crippen molar-refractivity contribution in [3.8, 4) is 0 Å². The minimum atomic E-state index is -1.34. The summed E-state index contributed by atoms with van der Waals surface area (Å²) in [5, 5.41) is 21.1. The smallest absolute Gasteiger partial charge is 0.262 e. The molecule has 2 aromatic carbocycles. The summed E-state index contributed by atoms with van der Waals surface area (Å²) >= 11 is 1.30. The summed E-state index contributed by atoms with van der Waals surface area (Å²) in [5.41, 5.74) is 0.422. The lowest BCUT2D eigenvalue weighted by Gasteiger charge is -2.10. The highest BCUT2D eigenvalue weighted by Gasteiger charge is 2.17. The molecule has 5 aromatic rings. The van der Waals surface area contributed by atoms with Crippen LogP contribution in [0.25, 0.3) is 27.6 Å². The van der Waals surface area contributed by atoms with Gasteiger partial charge in [-0.1, -0.05) is 36.9 Å². The zero-order valence-electron chi connectivity index (χ0n) is 17.4. The van der Waals surface area contributed by atoms with Gasteiger partial charge in [0.05, 0.1) is 33.5 Å². The van der Waals surface area contributed by atoms with Crippen LogP contribution >= 0.6 is 11.8 Å². The Hall–Kier alpha value is -3.99. The van der Waals surface area contributed by atoms with Crippen molar-refractivity contribution in [2.45, 2.75) is 30.8 Å². The first-order valence-electron chi connectivity index (χ1n) is 10.2. The van der Waals surface area contributed by atoms with Crippen molar-refractivity contribution in [3.05, 3.63) is 74.6 Å². The summed E-state index contributed by atoms with van der Waals surface area (Å²) < 4.78 is 3.43. The highest BCUT2D eigenvalue weighted by molar-refractivity contribution is 7.98. The normalized spacial score (nSPS) is 11.5. The van der Waals surface area contributed by atoms with Crippen molar-refractivity contribution in [3.63, 3.8) is 0 Å². The second-order valence-electron chi connectivity index (χ2n) is 7.41.